The molecule has 3 nitrogen and oxygen atoms in total. The van der Waals surface area contributed by atoms with Gasteiger partial charge in [0, 0.05) is 62.4 Å². The molecule has 2 aliphatic heterocycles. The van der Waals surface area contributed by atoms with Gasteiger partial charge in [0.25, 0.3) is 0 Å². The van der Waals surface area contributed by atoms with Gasteiger partial charge >= 0.3 is 0 Å². The Morgan fingerprint density at radius 1 is 1.10 bits per heavy atom. The summed E-state index contributed by atoms with van der Waals surface area (Å²) < 4.78 is 0. The molecule has 4 heteroatoms. The number of hydrogen-bond donors (Lipinski definition) is 1. The van der Waals surface area contributed by atoms with Gasteiger partial charge in [0.05, 0.1) is 0 Å². The van der Waals surface area contributed by atoms with E-state index in [0.29, 0.717) is 5.54 Å². The molecule has 0 saturated carbocycles. The van der Waals surface area contributed by atoms with Gasteiger partial charge in [-0.15, -0.1) is 0 Å². The van der Waals surface area contributed by atoms with E-state index in [-0.39, 0.29) is 0 Å². The third kappa shape index (κ3) is 4.12. The van der Waals surface area contributed by atoms with Crippen molar-refractivity contribution in [2.45, 2.75) is 51.6 Å². The Balaban J connectivity index is 1.87. The molecular weight excluding hydrogens is 266 g/mol. The van der Waals surface area contributed by atoms with Gasteiger partial charge in [0.15, 0.2) is 0 Å². The van der Waals surface area contributed by atoms with Crippen molar-refractivity contribution in [1.29, 1.82) is 0 Å². The molecule has 1 unspecified atom stereocenters. The summed E-state index contributed by atoms with van der Waals surface area (Å²) in [6.07, 6.45) is 3.76. The average Bonchev–Trinajstić information content (AvgIpc) is 2.53. The predicted octanol–water partition coefficient (Wildman–Crippen LogP) is 2.28. The van der Waals surface area contributed by atoms with Crippen molar-refractivity contribution in [3.05, 3.63) is 0 Å². The van der Waals surface area contributed by atoms with Crippen LogP contribution in [0.3, 0.4) is 0 Å². The molecular formula is C16H33N3S. The van der Waals surface area contributed by atoms with Crippen molar-refractivity contribution < 1.29 is 0 Å². The zero-order chi connectivity index (χ0) is 14.4. The van der Waals surface area contributed by atoms with Gasteiger partial charge in [-0.1, -0.05) is 20.8 Å². The van der Waals surface area contributed by atoms with E-state index in [1.54, 1.807) is 0 Å². The van der Waals surface area contributed by atoms with E-state index in [2.05, 4.69) is 47.6 Å². The molecule has 2 rings (SSSR count). The smallest absolute Gasteiger partial charge is 0.0304 e. The minimum absolute atomic E-state index is 0.365. The van der Waals surface area contributed by atoms with Gasteiger partial charge in [-0.3, -0.25) is 4.90 Å². The summed E-state index contributed by atoms with van der Waals surface area (Å²) in [5, 5.41) is 3.84. The van der Waals surface area contributed by atoms with Crippen LogP contribution in [-0.2, 0) is 0 Å². The van der Waals surface area contributed by atoms with Crippen molar-refractivity contribution in [3.63, 3.8) is 0 Å². The Labute approximate surface area is 129 Å². The minimum atomic E-state index is 0.365. The normalized spacial score (nSPS) is 28.6. The molecule has 0 aliphatic carbocycles. The summed E-state index contributed by atoms with van der Waals surface area (Å²) in [6.45, 7) is 14.5. The van der Waals surface area contributed by atoms with Crippen molar-refractivity contribution >= 4 is 11.8 Å². The molecule has 20 heavy (non-hydrogen) atoms. The van der Waals surface area contributed by atoms with Crippen LogP contribution in [-0.4, -0.2) is 72.2 Å². The Morgan fingerprint density at radius 3 is 2.40 bits per heavy atom. The van der Waals surface area contributed by atoms with E-state index in [9.17, 15) is 0 Å². The highest BCUT2D eigenvalue weighted by molar-refractivity contribution is 7.99. The van der Waals surface area contributed by atoms with E-state index in [4.69, 9.17) is 0 Å². The Hall–Kier alpha value is 0.230. The maximum atomic E-state index is 3.84. The highest BCUT2D eigenvalue weighted by atomic mass is 32.2. The van der Waals surface area contributed by atoms with Crippen LogP contribution in [0.15, 0.2) is 0 Å². The number of rotatable bonds is 6. The Kier molecular flexibility index (Phi) is 6.66. The number of nitrogens with zero attached hydrogens (tertiary/aromatic N) is 2. The predicted molar refractivity (Wildman–Crippen MR) is 90.7 cm³/mol. The van der Waals surface area contributed by atoms with Crippen LogP contribution in [0.1, 0.15) is 40.0 Å². The first-order valence-electron chi connectivity index (χ1n) is 8.52. The maximum Gasteiger partial charge on any atom is 0.0304 e. The quantitative estimate of drug-likeness (QED) is 0.811. The molecule has 118 valence electrons. The van der Waals surface area contributed by atoms with Gasteiger partial charge in [0.2, 0.25) is 0 Å². The number of nitrogens with one attached hydrogen (secondary N) is 1. The highest BCUT2D eigenvalue weighted by Gasteiger charge is 2.35. The van der Waals surface area contributed by atoms with E-state index < -0.39 is 0 Å². The van der Waals surface area contributed by atoms with Crippen molar-refractivity contribution in [2.75, 3.05) is 50.8 Å². The maximum absolute atomic E-state index is 3.84. The minimum Gasteiger partial charge on any atom is -0.308 e. The lowest BCUT2D eigenvalue weighted by Gasteiger charge is -2.48. The van der Waals surface area contributed by atoms with Crippen LogP contribution in [0.2, 0.25) is 0 Å². The second kappa shape index (κ2) is 8.02. The van der Waals surface area contributed by atoms with E-state index in [1.165, 1.54) is 70.0 Å². The summed E-state index contributed by atoms with van der Waals surface area (Å²) >= 11 is 2.11. The molecule has 1 atom stereocenters. The molecule has 2 fully saturated rings. The number of hydrogen-bond acceptors (Lipinski definition) is 4. The lowest BCUT2D eigenvalue weighted by molar-refractivity contribution is 0.0620. The van der Waals surface area contributed by atoms with Crippen LogP contribution in [0.4, 0.5) is 0 Å². The van der Waals surface area contributed by atoms with Gasteiger partial charge < -0.3 is 10.2 Å². The topological polar surface area (TPSA) is 18.5 Å². The van der Waals surface area contributed by atoms with Gasteiger partial charge in [0.1, 0.15) is 0 Å². The third-order valence-corrected chi connectivity index (χ3v) is 6.31. The van der Waals surface area contributed by atoms with E-state index in [0.717, 1.165) is 6.04 Å². The monoisotopic (exact) mass is 299 g/mol. The van der Waals surface area contributed by atoms with Gasteiger partial charge in [-0.25, -0.2) is 0 Å². The molecule has 0 bridgehead atoms. The Bertz CT molecular complexity index is 275. The first-order valence-corrected chi connectivity index (χ1v) is 9.67. The summed E-state index contributed by atoms with van der Waals surface area (Å²) in [7, 11) is 0. The van der Waals surface area contributed by atoms with Crippen molar-refractivity contribution in [2.24, 2.45) is 0 Å². The van der Waals surface area contributed by atoms with Crippen molar-refractivity contribution in [3.8, 4) is 0 Å². The first kappa shape index (κ1) is 16.6. The number of piperazine rings is 1. The summed E-state index contributed by atoms with van der Waals surface area (Å²) in [5.74, 6) is 2.65. The lowest BCUT2D eigenvalue weighted by Crippen LogP contribution is -2.64. The molecule has 1 N–H and O–H groups in total. The van der Waals surface area contributed by atoms with Crippen molar-refractivity contribution in [1.82, 2.24) is 15.1 Å². The van der Waals surface area contributed by atoms with Crippen LogP contribution in [0, 0.1) is 0 Å². The highest BCUT2D eigenvalue weighted by Crippen LogP contribution is 2.23. The molecule has 0 spiro atoms. The molecule has 0 radical (unpaired) electrons. The molecule has 2 heterocycles. The molecule has 2 saturated heterocycles. The van der Waals surface area contributed by atoms with E-state index in [1.807, 2.05) is 0 Å². The largest absolute Gasteiger partial charge is 0.308 e. The third-order valence-electron chi connectivity index (χ3n) is 5.37. The zero-order valence-electron chi connectivity index (χ0n) is 13.7. The standard InChI is InChI=1S/C16H33N3S/c1-4-15-13-17-16(5-2,6-3)14-19(15)8-7-18-9-11-20-12-10-18/h15,17H,4-14H2,1-3H3. The fraction of sp³-hybridized carbons (Fsp3) is 1.00. The fourth-order valence-corrected chi connectivity index (χ4v) is 4.50. The fourth-order valence-electron chi connectivity index (χ4n) is 3.52. The average molecular weight is 300 g/mol. The zero-order valence-corrected chi connectivity index (χ0v) is 14.5. The molecule has 0 amide bonds. The lowest BCUT2D eigenvalue weighted by atomic mass is 9.88. The van der Waals surface area contributed by atoms with Crippen LogP contribution < -0.4 is 5.32 Å². The second-order valence-corrected chi connectivity index (χ2v) is 7.58. The molecule has 0 aromatic heterocycles. The Morgan fingerprint density at radius 2 is 1.80 bits per heavy atom. The summed E-state index contributed by atoms with van der Waals surface area (Å²) in [6, 6.07) is 0.736. The van der Waals surface area contributed by atoms with E-state index >= 15 is 0 Å². The van der Waals surface area contributed by atoms with Crippen LogP contribution in [0.25, 0.3) is 0 Å². The number of thioether (sulfide) groups is 1. The second-order valence-electron chi connectivity index (χ2n) is 6.35. The molecule has 0 aromatic rings. The van der Waals surface area contributed by atoms with Crippen LogP contribution in [0.5, 0.6) is 0 Å². The summed E-state index contributed by atoms with van der Waals surface area (Å²) in [4.78, 5) is 5.43. The SMILES string of the molecule is CCC1CNC(CC)(CC)CN1CCN1CCSCC1. The molecule has 2 aliphatic rings. The summed E-state index contributed by atoms with van der Waals surface area (Å²) in [5.41, 5.74) is 0.365. The van der Waals surface area contributed by atoms with Gasteiger partial charge in [-0.05, 0) is 19.3 Å². The van der Waals surface area contributed by atoms with Gasteiger partial charge in [-0.2, -0.15) is 11.8 Å². The molecule has 0 aromatic carbocycles. The van der Waals surface area contributed by atoms with Crippen LogP contribution >= 0.6 is 11.8 Å². The first-order chi connectivity index (χ1) is 9.73.